The van der Waals surface area contributed by atoms with Crippen LogP contribution in [0.4, 0.5) is 0 Å². The van der Waals surface area contributed by atoms with Gasteiger partial charge >= 0.3 is 0 Å². The Hall–Kier alpha value is -0.550. The van der Waals surface area contributed by atoms with Gasteiger partial charge in [-0.15, -0.1) is 0 Å². The third-order valence-electron chi connectivity index (χ3n) is 5.23. The first-order valence-corrected chi connectivity index (χ1v) is 7.86. The maximum absolute atomic E-state index is 9.32. The molecule has 0 aliphatic heterocycles. The van der Waals surface area contributed by atoms with E-state index in [-0.39, 0.29) is 5.92 Å². The van der Waals surface area contributed by atoms with Gasteiger partial charge in [-0.25, -0.2) is 0 Å². The number of hydrogen-bond donors (Lipinski definition) is 1. The first kappa shape index (κ1) is 13.9. The lowest BCUT2D eigenvalue weighted by molar-refractivity contribution is 0.203. The van der Waals surface area contributed by atoms with Crippen molar-refractivity contribution in [1.29, 1.82) is 5.26 Å². The van der Waals surface area contributed by atoms with Crippen LogP contribution < -0.4 is 5.32 Å². The summed E-state index contributed by atoms with van der Waals surface area (Å²) in [5.74, 6) is 1.97. The normalized spacial score (nSPS) is 41.9. The van der Waals surface area contributed by atoms with Gasteiger partial charge in [-0.2, -0.15) is 5.26 Å². The maximum Gasteiger partial charge on any atom is 0.0672 e. The average Bonchev–Trinajstić information content (AvgIpc) is 2.59. The third-order valence-corrected chi connectivity index (χ3v) is 5.23. The summed E-state index contributed by atoms with van der Waals surface area (Å²) >= 11 is 0. The molecule has 2 aliphatic carbocycles. The van der Waals surface area contributed by atoms with Crippen molar-refractivity contribution in [2.24, 2.45) is 17.8 Å². The molecule has 102 valence electrons. The minimum Gasteiger partial charge on any atom is -0.310 e. The van der Waals surface area contributed by atoms with Gasteiger partial charge in [0.1, 0.15) is 0 Å². The van der Waals surface area contributed by atoms with E-state index in [2.05, 4.69) is 25.2 Å². The molecule has 0 bridgehead atoms. The Kier molecular flexibility index (Phi) is 5.06. The number of nitrogens with zero attached hydrogens (tertiary/aromatic N) is 1. The van der Waals surface area contributed by atoms with Crippen LogP contribution in [0.15, 0.2) is 0 Å². The Labute approximate surface area is 112 Å². The Morgan fingerprint density at radius 2 is 1.72 bits per heavy atom. The van der Waals surface area contributed by atoms with Crippen molar-refractivity contribution in [3.05, 3.63) is 0 Å². The van der Waals surface area contributed by atoms with Gasteiger partial charge in [0, 0.05) is 12.1 Å². The molecule has 5 atom stereocenters. The summed E-state index contributed by atoms with van der Waals surface area (Å²) in [6, 6.07) is 3.66. The predicted molar refractivity (Wildman–Crippen MR) is 75.1 cm³/mol. The largest absolute Gasteiger partial charge is 0.310 e. The van der Waals surface area contributed by atoms with Crippen molar-refractivity contribution < 1.29 is 0 Å². The second-order valence-corrected chi connectivity index (χ2v) is 6.61. The van der Waals surface area contributed by atoms with Crippen molar-refractivity contribution in [3.63, 3.8) is 0 Å². The number of nitriles is 1. The fourth-order valence-electron chi connectivity index (χ4n) is 3.66. The second-order valence-electron chi connectivity index (χ2n) is 6.61. The molecule has 2 nitrogen and oxygen atoms in total. The molecule has 0 saturated heterocycles. The van der Waals surface area contributed by atoms with Gasteiger partial charge in [0.05, 0.1) is 12.0 Å². The van der Waals surface area contributed by atoms with Crippen molar-refractivity contribution in [2.45, 2.75) is 77.3 Å². The predicted octanol–water partition coefficient (Wildman–Crippen LogP) is 3.87. The summed E-state index contributed by atoms with van der Waals surface area (Å²) in [5.41, 5.74) is 0. The lowest BCUT2D eigenvalue weighted by atomic mass is 9.78. The Bertz CT molecular complexity index is 294. The highest BCUT2D eigenvalue weighted by Crippen LogP contribution is 2.31. The SMILES string of the molecule is CC1CCC(NC2CCCCCC2C#N)CC1C. The molecular formula is C16H28N2. The molecule has 2 saturated carbocycles. The molecule has 0 radical (unpaired) electrons. The van der Waals surface area contributed by atoms with Gasteiger partial charge in [-0.1, -0.05) is 33.1 Å². The van der Waals surface area contributed by atoms with E-state index in [9.17, 15) is 5.26 Å². The molecule has 1 N–H and O–H groups in total. The van der Waals surface area contributed by atoms with E-state index in [0.717, 1.165) is 18.3 Å². The minimum absolute atomic E-state index is 0.252. The molecule has 2 fully saturated rings. The van der Waals surface area contributed by atoms with Gasteiger partial charge in [-0.3, -0.25) is 0 Å². The van der Waals surface area contributed by atoms with Gasteiger partial charge in [-0.05, 0) is 43.9 Å². The third kappa shape index (κ3) is 3.48. The molecule has 2 rings (SSSR count). The summed E-state index contributed by atoms with van der Waals surface area (Å²) in [6.07, 6.45) is 10.1. The molecule has 5 unspecified atom stereocenters. The van der Waals surface area contributed by atoms with Crippen LogP contribution in [0.5, 0.6) is 0 Å². The zero-order valence-corrected chi connectivity index (χ0v) is 12.0. The highest BCUT2D eigenvalue weighted by atomic mass is 15.0. The quantitative estimate of drug-likeness (QED) is 0.753. The van der Waals surface area contributed by atoms with Crippen LogP contribution in [-0.2, 0) is 0 Å². The zero-order valence-electron chi connectivity index (χ0n) is 12.0. The van der Waals surface area contributed by atoms with E-state index in [1.807, 2.05) is 0 Å². The van der Waals surface area contributed by atoms with Crippen LogP contribution in [0.25, 0.3) is 0 Å². The topological polar surface area (TPSA) is 35.8 Å². The molecular weight excluding hydrogens is 220 g/mol. The van der Waals surface area contributed by atoms with Crippen LogP contribution in [0.2, 0.25) is 0 Å². The van der Waals surface area contributed by atoms with Crippen molar-refractivity contribution in [2.75, 3.05) is 0 Å². The highest BCUT2D eigenvalue weighted by Gasteiger charge is 2.29. The molecule has 18 heavy (non-hydrogen) atoms. The van der Waals surface area contributed by atoms with Crippen LogP contribution in [0, 0.1) is 29.1 Å². The molecule has 0 spiro atoms. The van der Waals surface area contributed by atoms with Gasteiger partial charge in [0.25, 0.3) is 0 Å². The summed E-state index contributed by atoms with van der Waals surface area (Å²) in [7, 11) is 0. The summed E-state index contributed by atoms with van der Waals surface area (Å²) in [5, 5.41) is 13.1. The Morgan fingerprint density at radius 3 is 2.44 bits per heavy atom. The van der Waals surface area contributed by atoms with Crippen molar-refractivity contribution in [3.8, 4) is 6.07 Å². The lowest BCUT2D eigenvalue weighted by Crippen LogP contribution is -2.45. The van der Waals surface area contributed by atoms with Crippen LogP contribution in [0.1, 0.15) is 65.2 Å². The molecule has 0 aromatic heterocycles. The molecule has 2 aliphatic rings. The summed E-state index contributed by atoms with van der Waals surface area (Å²) in [6.45, 7) is 4.76. The first-order valence-electron chi connectivity index (χ1n) is 7.86. The van der Waals surface area contributed by atoms with Gasteiger partial charge < -0.3 is 5.32 Å². The second kappa shape index (κ2) is 6.57. The van der Waals surface area contributed by atoms with E-state index < -0.39 is 0 Å². The molecule has 0 aromatic carbocycles. The standard InChI is InChI=1S/C16H28N2/c1-12-8-9-15(10-13(12)2)18-16-7-5-3-4-6-14(16)11-17/h12-16,18H,3-10H2,1-2H3. The van der Waals surface area contributed by atoms with Crippen LogP contribution in [0.3, 0.4) is 0 Å². The molecule has 0 heterocycles. The van der Waals surface area contributed by atoms with Crippen LogP contribution in [-0.4, -0.2) is 12.1 Å². The zero-order chi connectivity index (χ0) is 13.0. The Morgan fingerprint density at radius 1 is 0.944 bits per heavy atom. The minimum atomic E-state index is 0.252. The lowest BCUT2D eigenvalue weighted by Gasteiger charge is -2.35. The highest BCUT2D eigenvalue weighted by molar-refractivity contribution is 4.95. The fraction of sp³-hybridized carbons (Fsp3) is 0.938. The molecule has 0 aromatic rings. The monoisotopic (exact) mass is 248 g/mol. The molecule has 2 heteroatoms. The fourth-order valence-corrected chi connectivity index (χ4v) is 3.66. The maximum atomic E-state index is 9.32. The summed E-state index contributed by atoms with van der Waals surface area (Å²) < 4.78 is 0. The van der Waals surface area contributed by atoms with E-state index in [0.29, 0.717) is 12.1 Å². The van der Waals surface area contributed by atoms with Crippen molar-refractivity contribution in [1.82, 2.24) is 5.32 Å². The smallest absolute Gasteiger partial charge is 0.0672 e. The number of nitrogens with one attached hydrogen (secondary N) is 1. The van der Waals surface area contributed by atoms with E-state index in [4.69, 9.17) is 0 Å². The van der Waals surface area contributed by atoms with E-state index >= 15 is 0 Å². The number of rotatable bonds is 2. The van der Waals surface area contributed by atoms with E-state index in [1.54, 1.807) is 0 Å². The van der Waals surface area contributed by atoms with Crippen molar-refractivity contribution >= 4 is 0 Å². The molecule has 0 amide bonds. The summed E-state index contributed by atoms with van der Waals surface area (Å²) in [4.78, 5) is 0. The van der Waals surface area contributed by atoms with E-state index in [1.165, 1.54) is 44.9 Å². The van der Waals surface area contributed by atoms with Gasteiger partial charge in [0.15, 0.2) is 0 Å². The van der Waals surface area contributed by atoms with Gasteiger partial charge in [0.2, 0.25) is 0 Å². The van der Waals surface area contributed by atoms with Crippen LogP contribution >= 0.6 is 0 Å². The Balaban J connectivity index is 1.89. The number of hydrogen-bond acceptors (Lipinski definition) is 2. The first-order chi connectivity index (χ1) is 8.70. The average molecular weight is 248 g/mol.